The number of nitrogens with zero attached hydrogens (tertiary/aromatic N) is 2. The van der Waals surface area contributed by atoms with Crippen molar-refractivity contribution in [2.75, 3.05) is 11.1 Å². The number of benzene rings is 2. The maximum absolute atomic E-state index is 12.7. The second kappa shape index (κ2) is 6.70. The summed E-state index contributed by atoms with van der Waals surface area (Å²) in [6, 6.07) is 13.5. The van der Waals surface area contributed by atoms with Crippen LogP contribution in [-0.2, 0) is 0 Å². The highest BCUT2D eigenvalue weighted by molar-refractivity contribution is 7.17. The fourth-order valence-corrected chi connectivity index (χ4v) is 3.23. The normalized spacial score (nSPS) is 10.4. The number of aromatic nitrogens is 1. The lowest BCUT2D eigenvalue weighted by molar-refractivity contribution is -0.383. The Bertz CT molecular complexity index is 954. The summed E-state index contributed by atoms with van der Waals surface area (Å²) in [7, 11) is 0. The van der Waals surface area contributed by atoms with E-state index in [-0.39, 0.29) is 22.7 Å². The fourth-order valence-electron chi connectivity index (χ4n) is 2.28. The van der Waals surface area contributed by atoms with Gasteiger partial charge in [0.2, 0.25) is 5.78 Å². The molecule has 2 aromatic carbocycles. The smallest absolute Gasteiger partial charge is 0.292 e. The summed E-state index contributed by atoms with van der Waals surface area (Å²) in [4.78, 5) is 27.9. The topological polar surface area (TPSA) is 111 Å². The monoisotopic (exact) mass is 354 g/mol. The van der Waals surface area contributed by atoms with Gasteiger partial charge in [-0.1, -0.05) is 29.5 Å². The quantitative estimate of drug-likeness (QED) is 0.311. The standard InChI is InChI=1S/C17H14N4O3S/c1-10-16(25-17(19-10)20-12-5-3-2-4-6-12)15(22)11-7-8-13(18)14(9-11)21(23)24/h2-9H,18H2,1H3,(H,19,20). The molecule has 126 valence electrons. The summed E-state index contributed by atoms with van der Waals surface area (Å²) < 4.78 is 0. The number of para-hydroxylation sites is 1. The number of nitrogens with one attached hydrogen (secondary N) is 1. The number of hydrogen-bond acceptors (Lipinski definition) is 7. The van der Waals surface area contributed by atoms with Crippen molar-refractivity contribution in [1.29, 1.82) is 0 Å². The van der Waals surface area contributed by atoms with Crippen molar-refractivity contribution in [1.82, 2.24) is 4.98 Å². The number of rotatable bonds is 5. The van der Waals surface area contributed by atoms with Gasteiger partial charge in [-0.05, 0) is 31.2 Å². The molecule has 0 aliphatic carbocycles. The van der Waals surface area contributed by atoms with Crippen LogP contribution in [0.15, 0.2) is 48.5 Å². The first kappa shape index (κ1) is 16.6. The molecule has 0 radical (unpaired) electrons. The first-order valence-corrected chi connectivity index (χ1v) is 8.15. The molecule has 0 unspecified atom stereocenters. The van der Waals surface area contributed by atoms with Crippen molar-refractivity contribution in [2.45, 2.75) is 6.92 Å². The molecular weight excluding hydrogens is 340 g/mol. The molecular formula is C17H14N4O3S. The lowest BCUT2D eigenvalue weighted by Crippen LogP contribution is -2.03. The Morgan fingerprint density at radius 3 is 2.64 bits per heavy atom. The maximum atomic E-state index is 12.7. The van der Waals surface area contributed by atoms with E-state index in [4.69, 9.17) is 5.73 Å². The minimum atomic E-state index is -0.603. The lowest BCUT2D eigenvalue weighted by atomic mass is 10.1. The SMILES string of the molecule is Cc1nc(Nc2ccccc2)sc1C(=O)c1ccc(N)c([N+](=O)[O-])c1. The van der Waals surface area contributed by atoms with Crippen LogP contribution in [0.2, 0.25) is 0 Å². The maximum Gasteiger partial charge on any atom is 0.292 e. The average molecular weight is 354 g/mol. The number of ketones is 1. The van der Waals surface area contributed by atoms with E-state index in [2.05, 4.69) is 10.3 Å². The van der Waals surface area contributed by atoms with Gasteiger partial charge in [0.25, 0.3) is 5.69 Å². The minimum Gasteiger partial charge on any atom is -0.393 e. The zero-order valence-corrected chi connectivity index (χ0v) is 14.0. The first-order valence-electron chi connectivity index (χ1n) is 7.34. The number of nitrogen functional groups attached to an aromatic ring is 1. The molecule has 0 aliphatic heterocycles. The summed E-state index contributed by atoms with van der Waals surface area (Å²) in [6.45, 7) is 1.73. The van der Waals surface area contributed by atoms with Gasteiger partial charge in [-0.3, -0.25) is 14.9 Å². The van der Waals surface area contributed by atoms with E-state index in [1.807, 2.05) is 30.3 Å². The molecule has 0 spiro atoms. The third kappa shape index (κ3) is 3.48. The van der Waals surface area contributed by atoms with Crippen LogP contribution in [0.25, 0.3) is 0 Å². The summed E-state index contributed by atoms with van der Waals surface area (Å²) in [5, 5.41) is 14.7. The molecule has 0 aliphatic rings. The van der Waals surface area contributed by atoms with Crippen molar-refractivity contribution >= 4 is 39.3 Å². The van der Waals surface area contributed by atoms with Gasteiger partial charge < -0.3 is 11.1 Å². The Morgan fingerprint density at radius 2 is 1.96 bits per heavy atom. The number of anilines is 3. The summed E-state index contributed by atoms with van der Waals surface area (Å²) in [5.41, 5.74) is 6.95. The number of nitro benzene ring substituents is 1. The molecule has 0 saturated heterocycles. The second-order valence-electron chi connectivity index (χ2n) is 5.28. The van der Waals surface area contributed by atoms with E-state index in [1.165, 1.54) is 29.5 Å². The zero-order chi connectivity index (χ0) is 18.0. The van der Waals surface area contributed by atoms with Crippen LogP contribution in [0.5, 0.6) is 0 Å². The average Bonchev–Trinajstić information content (AvgIpc) is 2.95. The molecule has 3 N–H and O–H groups in total. The molecule has 7 nitrogen and oxygen atoms in total. The number of carbonyl (C=O) groups excluding carboxylic acids is 1. The van der Waals surface area contributed by atoms with Gasteiger partial charge in [0.15, 0.2) is 5.13 Å². The van der Waals surface area contributed by atoms with Crippen molar-refractivity contribution in [3.63, 3.8) is 0 Å². The van der Waals surface area contributed by atoms with Crippen LogP contribution in [0.1, 0.15) is 20.9 Å². The van der Waals surface area contributed by atoms with Crippen molar-refractivity contribution < 1.29 is 9.72 Å². The molecule has 1 heterocycles. The van der Waals surface area contributed by atoms with E-state index >= 15 is 0 Å². The van der Waals surface area contributed by atoms with Crippen LogP contribution in [-0.4, -0.2) is 15.7 Å². The van der Waals surface area contributed by atoms with Crippen LogP contribution in [0.4, 0.5) is 22.2 Å². The van der Waals surface area contributed by atoms with Gasteiger partial charge in [0.05, 0.1) is 15.5 Å². The number of nitro groups is 1. The fraction of sp³-hybridized carbons (Fsp3) is 0.0588. The molecule has 1 aromatic heterocycles. The van der Waals surface area contributed by atoms with Crippen molar-refractivity contribution in [2.24, 2.45) is 0 Å². The van der Waals surface area contributed by atoms with Crippen molar-refractivity contribution in [3.8, 4) is 0 Å². The predicted molar refractivity (Wildman–Crippen MR) is 97.5 cm³/mol. The van der Waals surface area contributed by atoms with Crippen LogP contribution >= 0.6 is 11.3 Å². The third-order valence-corrected chi connectivity index (χ3v) is 4.59. The molecule has 0 bridgehead atoms. The van der Waals surface area contributed by atoms with E-state index < -0.39 is 4.92 Å². The van der Waals surface area contributed by atoms with Crippen LogP contribution in [0.3, 0.4) is 0 Å². The molecule has 0 fully saturated rings. The molecule has 0 atom stereocenters. The second-order valence-corrected chi connectivity index (χ2v) is 6.28. The minimum absolute atomic E-state index is 0.0222. The molecule has 0 saturated carbocycles. The van der Waals surface area contributed by atoms with Gasteiger partial charge in [-0.25, -0.2) is 4.98 Å². The largest absolute Gasteiger partial charge is 0.393 e. The Kier molecular flexibility index (Phi) is 4.44. The van der Waals surface area contributed by atoms with Crippen molar-refractivity contribution in [3.05, 3.63) is 74.8 Å². The number of nitrogens with two attached hydrogens (primary N) is 1. The van der Waals surface area contributed by atoms with E-state index in [0.29, 0.717) is 15.7 Å². The van der Waals surface area contributed by atoms with Crippen LogP contribution in [0, 0.1) is 17.0 Å². The molecule has 0 amide bonds. The molecule has 3 aromatic rings. The Balaban J connectivity index is 1.90. The van der Waals surface area contributed by atoms with E-state index in [0.717, 1.165) is 5.69 Å². The number of thiazole rings is 1. The Hall–Kier alpha value is -3.26. The van der Waals surface area contributed by atoms with Gasteiger partial charge in [-0.2, -0.15) is 0 Å². The molecule has 25 heavy (non-hydrogen) atoms. The highest BCUT2D eigenvalue weighted by Crippen LogP contribution is 2.30. The van der Waals surface area contributed by atoms with Gasteiger partial charge >= 0.3 is 0 Å². The molecule has 3 rings (SSSR count). The Labute approximate surface area is 147 Å². The van der Waals surface area contributed by atoms with Gasteiger partial charge in [0, 0.05) is 17.3 Å². The highest BCUT2D eigenvalue weighted by Gasteiger charge is 2.21. The summed E-state index contributed by atoms with van der Waals surface area (Å²) in [5.74, 6) is -0.320. The number of aryl methyl sites for hydroxylation is 1. The Morgan fingerprint density at radius 1 is 1.24 bits per heavy atom. The predicted octanol–water partition coefficient (Wildman–Crippen LogP) is 3.92. The van der Waals surface area contributed by atoms with E-state index in [1.54, 1.807) is 6.92 Å². The number of carbonyl (C=O) groups is 1. The first-order chi connectivity index (χ1) is 12.0. The van der Waals surface area contributed by atoms with E-state index in [9.17, 15) is 14.9 Å². The zero-order valence-electron chi connectivity index (χ0n) is 13.2. The highest BCUT2D eigenvalue weighted by atomic mass is 32.1. The number of hydrogen-bond donors (Lipinski definition) is 2. The van der Waals surface area contributed by atoms with Crippen LogP contribution < -0.4 is 11.1 Å². The molecule has 8 heteroatoms. The third-order valence-electron chi connectivity index (χ3n) is 3.52. The lowest BCUT2D eigenvalue weighted by Gasteiger charge is -2.02. The summed E-state index contributed by atoms with van der Waals surface area (Å²) in [6.07, 6.45) is 0. The summed E-state index contributed by atoms with van der Waals surface area (Å²) >= 11 is 1.20. The van der Waals surface area contributed by atoms with Gasteiger partial charge in [0.1, 0.15) is 5.69 Å². The van der Waals surface area contributed by atoms with Gasteiger partial charge in [-0.15, -0.1) is 0 Å².